The van der Waals surface area contributed by atoms with E-state index in [9.17, 15) is 14.7 Å². The molecular weight excluding hydrogens is 358 g/mol. The van der Waals surface area contributed by atoms with Crippen LogP contribution in [0, 0.1) is 0 Å². The van der Waals surface area contributed by atoms with E-state index in [0.717, 1.165) is 17.3 Å². The number of hydrogen-bond acceptors (Lipinski definition) is 6. The van der Waals surface area contributed by atoms with Crippen molar-refractivity contribution in [3.8, 4) is 5.75 Å². The van der Waals surface area contributed by atoms with Gasteiger partial charge in [0.15, 0.2) is 4.32 Å². The van der Waals surface area contributed by atoms with Gasteiger partial charge in [-0.1, -0.05) is 48.2 Å². The molecule has 0 aliphatic carbocycles. The Morgan fingerprint density at radius 3 is 2.72 bits per heavy atom. The maximum Gasteiger partial charge on any atom is 0.270 e. The van der Waals surface area contributed by atoms with Crippen LogP contribution in [0.3, 0.4) is 0 Å². The third-order valence-corrected chi connectivity index (χ3v) is 4.83. The molecule has 0 spiro atoms. The summed E-state index contributed by atoms with van der Waals surface area (Å²) in [6.07, 6.45) is 1.73. The Balaban J connectivity index is 1.93. The average Bonchev–Trinajstić information content (AvgIpc) is 2.88. The van der Waals surface area contributed by atoms with Crippen molar-refractivity contribution < 1.29 is 19.4 Å². The molecule has 1 fully saturated rings. The van der Waals surface area contributed by atoms with Gasteiger partial charge in [-0.15, -0.1) is 0 Å². The topological polar surface area (TPSA) is 69.7 Å². The standard InChI is InChI=1S/C18H13NO4S2/c1-23-14-7-2-4-11(8-14)9-15-16(20)19(18(24)25-15)13-6-3-5-12(10-13)17(21)22/h2-10H,1H3,(H,21,22)/p-1/b15-9+. The van der Waals surface area contributed by atoms with Gasteiger partial charge in [0, 0.05) is 0 Å². The molecule has 5 nitrogen and oxygen atoms in total. The van der Waals surface area contributed by atoms with Crippen molar-refractivity contribution in [3.63, 3.8) is 0 Å². The number of thiocarbonyl (C=S) groups is 1. The third-order valence-electron chi connectivity index (χ3n) is 3.53. The molecule has 0 aromatic heterocycles. The molecule has 0 N–H and O–H groups in total. The normalized spacial score (nSPS) is 15.7. The van der Waals surface area contributed by atoms with Crippen molar-refractivity contribution in [1.29, 1.82) is 0 Å². The van der Waals surface area contributed by atoms with Crippen LogP contribution in [0.15, 0.2) is 53.4 Å². The Bertz CT molecular complexity index is 907. The first kappa shape index (κ1) is 17.2. The minimum absolute atomic E-state index is 0.0108. The molecule has 0 saturated carbocycles. The number of rotatable bonds is 4. The second-order valence-electron chi connectivity index (χ2n) is 5.13. The van der Waals surface area contributed by atoms with E-state index in [-0.39, 0.29) is 11.5 Å². The number of hydrogen-bond donors (Lipinski definition) is 0. The molecule has 1 aliphatic heterocycles. The van der Waals surface area contributed by atoms with Crippen molar-refractivity contribution in [2.75, 3.05) is 12.0 Å². The monoisotopic (exact) mass is 370 g/mol. The van der Waals surface area contributed by atoms with Gasteiger partial charge in [-0.2, -0.15) is 0 Å². The number of anilines is 1. The minimum atomic E-state index is -1.31. The molecule has 0 atom stereocenters. The van der Waals surface area contributed by atoms with Crippen LogP contribution in [-0.4, -0.2) is 23.3 Å². The van der Waals surface area contributed by atoms with Crippen LogP contribution in [0.5, 0.6) is 5.75 Å². The summed E-state index contributed by atoms with van der Waals surface area (Å²) in [5, 5.41) is 11.0. The first-order valence-corrected chi connectivity index (χ1v) is 8.45. The zero-order valence-electron chi connectivity index (χ0n) is 13.1. The van der Waals surface area contributed by atoms with Crippen molar-refractivity contribution in [2.45, 2.75) is 0 Å². The van der Waals surface area contributed by atoms with E-state index in [4.69, 9.17) is 17.0 Å². The number of ether oxygens (including phenoxy) is 1. The van der Waals surface area contributed by atoms with Crippen molar-refractivity contribution in [2.24, 2.45) is 0 Å². The smallest absolute Gasteiger partial charge is 0.270 e. The van der Waals surface area contributed by atoms with Crippen LogP contribution in [0.2, 0.25) is 0 Å². The molecule has 0 radical (unpaired) electrons. The summed E-state index contributed by atoms with van der Waals surface area (Å²) in [4.78, 5) is 25.5. The van der Waals surface area contributed by atoms with Crippen LogP contribution in [0.25, 0.3) is 6.08 Å². The molecule has 25 heavy (non-hydrogen) atoms. The largest absolute Gasteiger partial charge is 0.545 e. The molecule has 7 heteroatoms. The zero-order valence-corrected chi connectivity index (χ0v) is 14.7. The summed E-state index contributed by atoms with van der Waals surface area (Å²) >= 11 is 6.45. The van der Waals surface area contributed by atoms with Crippen molar-refractivity contribution in [1.82, 2.24) is 0 Å². The van der Waals surface area contributed by atoms with E-state index < -0.39 is 5.97 Å². The highest BCUT2D eigenvalue weighted by molar-refractivity contribution is 8.27. The predicted molar refractivity (Wildman–Crippen MR) is 99.4 cm³/mol. The number of carboxylic acids is 1. The Kier molecular flexibility index (Phi) is 4.87. The first-order valence-electron chi connectivity index (χ1n) is 7.23. The molecular formula is C18H12NO4S2-. The first-order chi connectivity index (χ1) is 12.0. The highest BCUT2D eigenvalue weighted by atomic mass is 32.2. The van der Waals surface area contributed by atoms with Crippen molar-refractivity contribution >= 4 is 51.9 Å². The third kappa shape index (κ3) is 3.57. The number of methoxy groups -OCH3 is 1. The Hall–Kier alpha value is -2.64. The number of aromatic carboxylic acids is 1. The molecule has 3 rings (SSSR count). The number of benzene rings is 2. The van der Waals surface area contributed by atoms with Crippen LogP contribution in [-0.2, 0) is 4.79 Å². The summed E-state index contributed by atoms with van der Waals surface area (Å²) in [7, 11) is 1.57. The van der Waals surface area contributed by atoms with Crippen LogP contribution in [0.4, 0.5) is 5.69 Å². The molecule has 2 aromatic carbocycles. The van der Waals surface area contributed by atoms with Gasteiger partial charge in [-0.05, 0) is 41.5 Å². The molecule has 1 saturated heterocycles. The van der Waals surface area contributed by atoms with Crippen LogP contribution >= 0.6 is 24.0 Å². The van der Waals surface area contributed by atoms with E-state index in [1.807, 2.05) is 24.3 Å². The maximum atomic E-state index is 12.7. The summed E-state index contributed by atoms with van der Waals surface area (Å²) in [5.74, 6) is -0.918. The van der Waals surface area contributed by atoms with E-state index in [1.54, 1.807) is 25.3 Å². The van der Waals surface area contributed by atoms with Gasteiger partial charge in [0.2, 0.25) is 0 Å². The number of thioether (sulfide) groups is 1. The summed E-state index contributed by atoms with van der Waals surface area (Å²) in [6.45, 7) is 0. The molecule has 0 unspecified atom stereocenters. The number of carboxylic acid groups (broad SMARTS) is 1. The highest BCUT2D eigenvalue weighted by Crippen LogP contribution is 2.36. The van der Waals surface area contributed by atoms with Crippen LogP contribution in [0.1, 0.15) is 15.9 Å². The van der Waals surface area contributed by atoms with Gasteiger partial charge in [0.25, 0.3) is 5.91 Å². The van der Waals surface area contributed by atoms with Gasteiger partial charge in [-0.25, -0.2) is 0 Å². The number of carbonyl (C=O) groups excluding carboxylic acids is 2. The fourth-order valence-electron chi connectivity index (χ4n) is 2.34. The van der Waals surface area contributed by atoms with E-state index in [2.05, 4.69) is 0 Å². The van der Waals surface area contributed by atoms with E-state index in [1.165, 1.54) is 17.0 Å². The summed E-state index contributed by atoms with van der Waals surface area (Å²) in [6, 6.07) is 13.3. The number of nitrogens with zero attached hydrogens (tertiary/aromatic N) is 1. The molecule has 1 aliphatic rings. The number of carbonyl (C=O) groups is 2. The fourth-order valence-corrected chi connectivity index (χ4v) is 3.64. The Morgan fingerprint density at radius 1 is 1.24 bits per heavy atom. The van der Waals surface area contributed by atoms with E-state index >= 15 is 0 Å². The summed E-state index contributed by atoms with van der Waals surface area (Å²) < 4.78 is 5.52. The van der Waals surface area contributed by atoms with Gasteiger partial charge in [-0.3, -0.25) is 9.69 Å². The quantitative estimate of drug-likeness (QED) is 0.608. The molecule has 1 amide bonds. The Labute approximate surface area is 153 Å². The highest BCUT2D eigenvalue weighted by Gasteiger charge is 2.33. The summed E-state index contributed by atoms with van der Waals surface area (Å²) in [5.41, 5.74) is 1.20. The SMILES string of the molecule is COc1cccc(/C=C2/SC(=S)N(c3cccc(C(=O)[O-])c3)C2=O)c1. The second kappa shape index (κ2) is 7.08. The van der Waals surface area contributed by atoms with Gasteiger partial charge >= 0.3 is 0 Å². The average molecular weight is 370 g/mol. The number of amides is 1. The molecule has 126 valence electrons. The van der Waals surface area contributed by atoms with Crippen LogP contribution < -0.4 is 14.7 Å². The molecule has 2 aromatic rings. The lowest BCUT2D eigenvalue weighted by Gasteiger charge is -2.15. The van der Waals surface area contributed by atoms with Gasteiger partial charge in [0.1, 0.15) is 5.75 Å². The Morgan fingerprint density at radius 2 is 2.00 bits per heavy atom. The zero-order chi connectivity index (χ0) is 18.0. The molecule has 0 bridgehead atoms. The molecule has 1 heterocycles. The lowest BCUT2D eigenvalue weighted by atomic mass is 10.1. The lowest BCUT2D eigenvalue weighted by Crippen LogP contribution is -2.28. The van der Waals surface area contributed by atoms with Gasteiger partial charge < -0.3 is 14.6 Å². The van der Waals surface area contributed by atoms with Gasteiger partial charge in [0.05, 0.1) is 23.7 Å². The maximum absolute atomic E-state index is 12.7. The fraction of sp³-hybridized carbons (Fsp3) is 0.0556. The van der Waals surface area contributed by atoms with E-state index in [0.29, 0.717) is 20.7 Å². The lowest BCUT2D eigenvalue weighted by molar-refractivity contribution is -0.255. The predicted octanol–water partition coefficient (Wildman–Crippen LogP) is 2.46. The minimum Gasteiger partial charge on any atom is -0.545 e. The van der Waals surface area contributed by atoms with Crippen molar-refractivity contribution in [3.05, 3.63) is 64.6 Å². The second-order valence-corrected chi connectivity index (χ2v) is 6.81.